The molecule has 9 heteroatoms. The van der Waals surface area contributed by atoms with E-state index >= 15 is 0 Å². The van der Waals surface area contributed by atoms with E-state index in [9.17, 15) is 18.0 Å². The lowest BCUT2D eigenvalue weighted by atomic mass is 9.87. The Morgan fingerprint density at radius 1 is 1.12 bits per heavy atom. The van der Waals surface area contributed by atoms with E-state index in [0.29, 0.717) is 39.0 Å². The van der Waals surface area contributed by atoms with Gasteiger partial charge in [0.05, 0.1) is 5.25 Å². The van der Waals surface area contributed by atoms with Gasteiger partial charge in [0.15, 0.2) is 0 Å². The second-order valence-electron chi connectivity index (χ2n) is 8.78. The van der Waals surface area contributed by atoms with E-state index in [1.165, 1.54) is 6.08 Å². The summed E-state index contributed by atoms with van der Waals surface area (Å²) in [6, 6.07) is 9.36. The third-order valence-corrected chi connectivity index (χ3v) is 8.72. The van der Waals surface area contributed by atoms with Gasteiger partial charge in [0.1, 0.15) is 6.61 Å². The van der Waals surface area contributed by atoms with E-state index in [-0.39, 0.29) is 30.4 Å². The number of amides is 2. The van der Waals surface area contributed by atoms with Gasteiger partial charge in [0.25, 0.3) is 0 Å². The second-order valence-corrected chi connectivity index (χ2v) is 11.0. The molecule has 0 saturated carbocycles. The molecule has 2 heterocycles. The molecular weight excluding hydrogens is 430 g/mol. The number of piperidine rings is 2. The smallest absolute Gasteiger partial charge is 0.410 e. The quantitative estimate of drug-likeness (QED) is 0.654. The molecule has 0 bridgehead atoms. The fourth-order valence-electron chi connectivity index (χ4n) is 4.58. The molecule has 0 radical (unpaired) electrons. The number of carbonyl (C=O) groups is 2. The molecule has 0 aliphatic carbocycles. The number of ether oxygens (including phenoxy) is 1. The van der Waals surface area contributed by atoms with Crippen LogP contribution in [0.3, 0.4) is 0 Å². The highest BCUT2D eigenvalue weighted by Gasteiger charge is 2.42. The van der Waals surface area contributed by atoms with E-state index in [1.807, 2.05) is 44.2 Å². The number of hydrogen-bond donors (Lipinski definition) is 1. The van der Waals surface area contributed by atoms with E-state index in [4.69, 9.17) is 4.74 Å². The fourth-order valence-corrected chi connectivity index (χ4v) is 6.69. The highest BCUT2D eigenvalue weighted by molar-refractivity contribution is 7.89. The zero-order valence-electron chi connectivity index (χ0n) is 18.8. The number of rotatable bonds is 6. The minimum absolute atomic E-state index is 0.00882. The molecule has 176 valence electrons. The molecular formula is C23H33N3O5S. The summed E-state index contributed by atoms with van der Waals surface area (Å²) in [5.74, 6) is -0.257. The zero-order chi connectivity index (χ0) is 23.3. The molecule has 2 amide bonds. The van der Waals surface area contributed by atoms with Crippen LogP contribution in [0.4, 0.5) is 4.79 Å². The standard InChI is InChI=1S/C23H33N3O5S/c1-4-21(27)24-22-17(2)14-26(15-18(22)3)32(29,30)20-10-12-25(13-11-20)23(28)31-16-19-8-6-5-7-9-19/h4-9,17-18,20,22H,1,10-16H2,2-3H3,(H,24,27). The number of likely N-dealkylation sites (tertiary alicyclic amines) is 1. The number of carbonyl (C=O) groups excluding carboxylic acids is 2. The van der Waals surface area contributed by atoms with Crippen LogP contribution in [0.5, 0.6) is 0 Å². The average molecular weight is 464 g/mol. The Morgan fingerprint density at radius 2 is 1.72 bits per heavy atom. The van der Waals surface area contributed by atoms with Crippen LogP contribution >= 0.6 is 0 Å². The number of sulfonamides is 1. The lowest BCUT2D eigenvalue weighted by Gasteiger charge is -2.42. The monoisotopic (exact) mass is 463 g/mol. The third kappa shape index (κ3) is 5.69. The van der Waals surface area contributed by atoms with Crippen molar-refractivity contribution in [2.45, 2.75) is 44.6 Å². The summed E-state index contributed by atoms with van der Waals surface area (Å²) in [6.07, 6.45) is 1.60. The maximum absolute atomic E-state index is 13.3. The minimum Gasteiger partial charge on any atom is -0.445 e. The van der Waals surface area contributed by atoms with Gasteiger partial charge in [-0.2, -0.15) is 0 Å². The first kappa shape index (κ1) is 24.3. The predicted octanol–water partition coefficient (Wildman–Crippen LogP) is 2.38. The molecule has 32 heavy (non-hydrogen) atoms. The molecule has 0 aromatic heterocycles. The van der Waals surface area contributed by atoms with Crippen LogP contribution in [0, 0.1) is 11.8 Å². The van der Waals surface area contributed by atoms with Gasteiger partial charge in [-0.25, -0.2) is 17.5 Å². The van der Waals surface area contributed by atoms with Gasteiger partial charge in [-0.05, 0) is 36.3 Å². The summed E-state index contributed by atoms with van der Waals surface area (Å²) in [5.41, 5.74) is 0.911. The first-order chi connectivity index (χ1) is 15.2. The van der Waals surface area contributed by atoms with E-state index in [0.717, 1.165) is 5.56 Å². The van der Waals surface area contributed by atoms with Gasteiger partial charge < -0.3 is 15.0 Å². The molecule has 2 fully saturated rings. The summed E-state index contributed by atoms with van der Waals surface area (Å²) >= 11 is 0. The predicted molar refractivity (Wildman–Crippen MR) is 122 cm³/mol. The first-order valence-electron chi connectivity index (χ1n) is 11.1. The van der Waals surface area contributed by atoms with Crippen molar-refractivity contribution in [3.63, 3.8) is 0 Å². The Labute approximate surface area is 190 Å². The third-order valence-electron chi connectivity index (χ3n) is 6.39. The highest BCUT2D eigenvalue weighted by Crippen LogP contribution is 2.29. The summed E-state index contributed by atoms with van der Waals surface area (Å²) in [7, 11) is -3.49. The van der Waals surface area contributed by atoms with Gasteiger partial charge in [0, 0.05) is 32.2 Å². The van der Waals surface area contributed by atoms with E-state index in [1.54, 1.807) is 9.21 Å². The van der Waals surface area contributed by atoms with E-state index in [2.05, 4.69) is 11.9 Å². The van der Waals surface area contributed by atoms with Crippen molar-refractivity contribution in [3.05, 3.63) is 48.6 Å². The lowest BCUT2D eigenvalue weighted by Crippen LogP contribution is -2.57. The Morgan fingerprint density at radius 3 is 2.28 bits per heavy atom. The van der Waals surface area contributed by atoms with Crippen molar-refractivity contribution in [3.8, 4) is 0 Å². The van der Waals surface area contributed by atoms with Crippen LogP contribution < -0.4 is 5.32 Å². The molecule has 1 aromatic carbocycles. The maximum Gasteiger partial charge on any atom is 0.410 e. The van der Waals surface area contributed by atoms with Gasteiger partial charge >= 0.3 is 6.09 Å². The van der Waals surface area contributed by atoms with Crippen molar-refractivity contribution in [2.75, 3.05) is 26.2 Å². The van der Waals surface area contributed by atoms with Crippen LogP contribution in [0.15, 0.2) is 43.0 Å². The molecule has 2 atom stereocenters. The van der Waals surface area contributed by atoms with Gasteiger partial charge in [-0.1, -0.05) is 50.8 Å². The number of nitrogens with zero attached hydrogens (tertiary/aromatic N) is 2. The fraction of sp³-hybridized carbons (Fsp3) is 0.565. The van der Waals surface area contributed by atoms with E-state index < -0.39 is 21.4 Å². The van der Waals surface area contributed by atoms with Crippen LogP contribution in [-0.2, 0) is 26.2 Å². The van der Waals surface area contributed by atoms with Crippen molar-refractivity contribution < 1.29 is 22.7 Å². The number of hydrogen-bond acceptors (Lipinski definition) is 5. The summed E-state index contributed by atoms with van der Waals surface area (Å²) in [6.45, 7) is 9.04. The molecule has 0 spiro atoms. The maximum atomic E-state index is 13.3. The SMILES string of the molecule is C=CC(=O)NC1C(C)CN(S(=O)(=O)C2CCN(C(=O)OCc3ccccc3)CC2)CC1C. The van der Waals surface area contributed by atoms with Crippen molar-refractivity contribution in [1.29, 1.82) is 0 Å². The molecule has 2 unspecified atom stereocenters. The Bertz CT molecular complexity index is 901. The number of nitrogens with one attached hydrogen (secondary N) is 1. The Balaban J connectivity index is 1.52. The Hall–Kier alpha value is -2.39. The summed E-state index contributed by atoms with van der Waals surface area (Å²) in [4.78, 5) is 25.7. The highest BCUT2D eigenvalue weighted by atomic mass is 32.2. The van der Waals surface area contributed by atoms with Crippen molar-refractivity contribution in [1.82, 2.24) is 14.5 Å². The summed E-state index contributed by atoms with van der Waals surface area (Å²) in [5, 5.41) is 2.41. The lowest BCUT2D eigenvalue weighted by molar-refractivity contribution is -0.118. The first-order valence-corrected chi connectivity index (χ1v) is 12.6. The van der Waals surface area contributed by atoms with Crippen LogP contribution in [0.1, 0.15) is 32.3 Å². The molecule has 8 nitrogen and oxygen atoms in total. The molecule has 2 aliphatic heterocycles. The van der Waals surface area contributed by atoms with Crippen LogP contribution in [-0.4, -0.2) is 67.1 Å². The van der Waals surface area contributed by atoms with Gasteiger partial charge in [-0.3, -0.25) is 4.79 Å². The summed E-state index contributed by atoms with van der Waals surface area (Å²) < 4.78 is 33.5. The molecule has 1 aromatic rings. The van der Waals surface area contributed by atoms with Crippen molar-refractivity contribution in [2.24, 2.45) is 11.8 Å². The Kier molecular flexibility index (Phi) is 7.95. The second kappa shape index (κ2) is 10.5. The number of benzene rings is 1. The molecule has 2 aliphatic rings. The van der Waals surface area contributed by atoms with Gasteiger partial charge in [-0.15, -0.1) is 0 Å². The normalized spacial score (nSPS) is 25.2. The molecule has 3 rings (SSSR count). The average Bonchev–Trinajstić information content (AvgIpc) is 2.80. The molecule has 2 saturated heterocycles. The van der Waals surface area contributed by atoms with Crippen LogP contribution in [0.2, 0.25) is 0 Å². The van der Waals surface area contributed by atoms with Crippen molar-refractivity contribution >= 4 is 22.0 Å². The zero-order valence-corrected chi connectivity index (χ0v) is 19.6. The largest absolute Gasteiger partial charge is 0.445 e. The molecule has 1 N–H and O–H groups in total. The minimum atomic E-state index is -3.49. The topological polar surface area (TPSA) is 96.0 Å². The van der Waals surface area contributed by atoms with Gasteiger partial charge in [0.2, 0.25) is 15.9 Å². The van der Waals surface area contributed by atoms with Crippen LogP contribution in [0.25, 0.3) is 0 Å².